The van der Waals surface area contributed by atoms with Crippen LogP contribution in [0.15, 0.2) is 30.5 Å². The highest BCUT2D eigenvalue weighted by Gasteiger charge is 2.11. The van der Waals surface area contributed by atoms with Gasteiger partial charge < -0.3 is 10.3 Å². The Morgan fingerprint density at radius 1 is 1.29 bits per heavy atom. The Hall–Kier alpha value is -1.83. The number of pyridine rings is 1. The number of thiol groups is 1. The minimum absolute atomic E-state index is 0. The largest absolute Gasteiger partial charge is 0.365 e. The summed E-state index contributed by atoms with van der Waals surface area (Å²) in [5.74, 6) is -0.819. The number of rotatable bonds is 5. The Bertz CT molecular complexity index is 899. The molecule has 1 aromatic heterocycles. The van der Waals surface area contributed by atoms with Gasteiger partial charge in [0.1, 0.15) is 16.2 Å². The minimum atomic E-state index is -2.56. The number of halogens is 2. The fraction of sp³-hybridized carbons (Fsp3) is 0.200. The van der Waals surface area contributed by atoms with Gasteiger partial charge in [0.2, 0.25) is 0 Å². The first kappa shape index (κ1) is 20.2. The molecule has 9 heteroatoms. The van der Waals surface area contributed by atoms with E-state index in [9.17, 15) is 13.2 Å². The summed E-state index contributed by atoms with van der Waals surface area (Å²) in [7, 11) is -2.56. The van der Waals surface area contributed by atoms with E-state index in [1.165, 1.54) is 16.8 Å². The van der Waals surface area contributed by atoms with E-state index in [0.717, 1.165) is 11.1 Å². The maximum atomic E-state index is 11.4. The highest BCUT2D eigenvalue weighted by molar-refractivity contribution is 7.71. The van der Waals surface area contributed by atoms with Crippen LogP contribution in [0.5, 0.6) is 0 Å². The molecule has 1 heterocycles. The summed E-state index contributed by atoms with van der Waals surface area (Å²) in [4.78, 5) is 11.4. The van der Waals surface area contributed by atoms with Crippen LogP contribution in [-0.2, 0) is 23.0 Å². The van der Waals surface area contributed by atoms with Crippen molar-refractivity contribution in [2.24, 2.45) is 5.73 Å². The second-order valence-corrected chi connectivity index (χ2v) is 6.59. The number of primary amides is 1. The van der Waals surface area contributed by atoms with Crippen molar-refractivity contribution >= 4 is 40.6 Å². The zero-order valence-corrected chi connectivity index (χ0v) is 15.3. The molecular formula is C15H17Cl2N3O3S. The van der Waals surface area contributed by atoms with E-state index in [1.807, 2.05) is 19.1 Å². The van der Waals surface area contributed by atoms with E-state index < -0.39 is 16.6 Å². The molecule has 1 aromatic carbocycles. The van der Waals surface area contributed by atoms with E-state index in [2.05, 4.69) is 0 Å². The first-order valence-electron chi connectivity index (χ1n) is 6.72. The van der Waals surface area contributed by atoms with E-state index >= 15 is 0 Å². The molecular weight excluding hydrogens is 373 g/mol. The van der Waals surface area contributed by atoms with Crippen LogP contribution in [0.3, 0.4) is 0 Å². The van der Waals surface area contributed by atoms with Crippen molar-refractivity contribution in [3.8, 4) is 0 Å². The number of amides is 1. The van der Waals surface area contributed by atoms with Gasteiger partial charge in [-0.15, -0.1) is 12.4 Å². The normalized spacial score (nSPS) is 10.5. The molecule has 0 radical (unpaired) electrons. The second-order valence-electron chi connectivity index (χ2n) is 5.18. The first-order chi connectivity index (χ1) is 10.8. The molecule has 0 bridgehead atoms. The average molecular weight is 390 g/mol. The first-order valence-corrected chi connectivity index (χ1v) is 8.46. The van der Waals surface area contributed by atoms with E-state index in [0.29, 0.717) is 5.56 Å². The van der Waals surface area contributed by atoms with Crippen LogP contribution in [0, 0.1) is 12.3 Å². The van der Waals surface area contributed by atoms with Crippen molar-refractivity contribution in [1.82, 2.24) is 4.57 Å². The molecule has 1 amide bonds. The fourth-order valence-electron chi connectivity index (χ4n) is 2.30. The quantitative estimate of drug-likeness (QED) is 0.676. The molecule has 0 spiro atoms. The standard InChI is InChI=1S/C15H16ClN3O3S.ClH/c1-9-2-3-10(8-23(21)22)11(4-9)6-19-7-12(16)5-13(14(19)17)15(18)20;/h2-5,7,17,23H,6,8H2,1H3,(H2,18,20);1H. The zero-order chi connectivity index (χ0) is 17.1. The second kappa shape index (κ2) is 8.32. The van der Waals surface area contributed by atoms with Crippen LogP contribution < -0.4 is 11.2 Å². The SMILES string of the molecule is Cc1ccc(C[SH](=O)=O)c(Cn2cc(Cl)cc(C(N)=O)c2=N)c1.Cl. The monoisotopic (exact) mass is 389 g/mol. The van der Waals surface area contributed by atoms with Gasteiger partial charge in [0.15, 0.2) is 0 Å². The third-order valence-corrected chi connectivity index (χ3v) is 4.18. The number of carbonyl (C=O) groups is 1. The van der Waals surface area contributed by atoms with Crippen molar-refractivity contribution in [1.29, 1.82) is 5.41 Å². The van der Waals surface area contributed by atoms with Gasteiger partial charge in [-0.05, 0) is 24.1 Å². The van der Waals surface area contributed by atoms with Gasteiger partial charge in [0.25, 0.3) is 5.91 Å². The number of nitrogens with one attached hydrogen (secondary N) is 1. The Morgan fingerprint density at radius 2 is 1.96 bits per heavy atom. The number of benzene rings is 1. The summed E-state index contributed by atoms with van der Waals surface area (Å²) >= 11 is 5.98. The Kier molecular flexibility index (Phi) is 7.01. The molecule has 0 unspecified atom stereocenters. The maximum absolute atomic E-state index is 11.4. The predicted octanol–water partition coefficient (Wildman–Crippen LogP) is 1.61. The van der Waals surface area contributed by atoms with E-state index in [-0.39, 0.29) is 40.8 Å². The number of aryl methyl sites for hydroxylation is 1. The van der Waals surface area contributed by atoms with Crippen LogP contribution in [0.25, 0.3) is 0 Å². The van der Waals surface area contributed by atoms with E-state index in [1.54, 1.807) is 6.07 Å². The van der Waals surface area contributed by atoms with Crippen LogP contribution in [0.2, 0.25) is 5.02 Å². The van der Waals surface area contributed by atoms with Gasteiger partial charge in [0.05, 0.1) is 16.3 Å². The van der Waals surface area contributed by atoms with Crippen molar-refractivity contribution in [3.05, 3.63) is 63.2 Å². The molecule has 0 aliphatic rings. The van der Waals surface area contributed by atoms with Crippen molar-refractivity contribution in [2.75, 3.05) is 0 Å². The van der Waals surface area contributed by atoms with E-state index in [4.69, 9.17) is 22.7 Å². The van der Waals surface area contributed by atoms with Crippen molar-refractivity contribution in [2.45, 2.75) is 19.2 Å². The molecule has 0 fully saturated rings. The molecule has 0 aliphatic carbocycles. The lowest BCUT2D eigenvalue weighted by molar-refractivity contribution is 0.0997. The zero-order valence-electron chi connectivity index (χ0n) is 12.8. The summed E-state index contributed by atoms with van der Waals surface area (Å²) in [6.45, 7) is 2.11. The predicted molar refractivity (Wildman–Crippen MR) is 95.4 cm³/mol. The summed E-state index contributed by atoms with van der Waals surface area (Å²) < 4.78 is 23.5. The van der Waals surface area contributed by atoms with Gasteiger partial charge in [0, 0.05) is 12.7 Å². The number of aromatic nitrogens is 1. The van der Waals surface area contributed by atoms with Crippen molar-refractivity contribution < 1.29 is 13.2 Å². The molecule has 0 saturated heterocycles. The summed E-state index contributed by atoms with van der Waals surface area (Å²) in [6.07, 6.45) is 1.51. The molecule has 0 atom stereocenters. The van der Waals surface area contributed by atoms with Gasteiger partial charge in [-0.2, -0.15) is 0 Å². The molecule has 130 valence electrons. The van der Waals surface area contributed by atoms with Gasteiger partial charge in [-0.1, -0.05) is 35.4 Å². The molecule has 2 rings (SSSR count). The topological polar surface area (TPSA) is 106 Å². The number of carbonyl (C=O) groups excluding carboxylic acids is 1. The maximum Gasteiger partial charge on any atom is 0.252 e. The minimum Gasteiger partial charge on any atom is -0.365 e. The van der Waals surface area contributed by atoms with Crippen LogP contribution in [-0.4, -0.2) is 18.9 Å². The number of nitrogens with zero attached hydrogens (tertiary/aromatic N) is 1. The highest BCUT2D eigenvalue weighted by atomic mass is 35.5. The number of hydrogen-bond donors (Lipinski definition) is 3. The van der Waals surface area contributed by atoms with Gasteiger partial charge in [-0.3, -0.25) is 10.2 Å². The molecule has 24 heavy (non-hydrogen) atoms. The summed E-state index contributed by atoms with van der Waals surface area (Å²) in [6, 6.07) is 6.77. The Labute approximate surface area is 152 Å². The lowest BCUT2D eigenvalue weighted by Crippen LogP contribution is -2.30. The molecule has 0 saturated carbocycles. The van der Waals surface area contributed by atoms with Crippen LogP contribution in [0.4, 0.5) is 0 Å². The third kappa shape index (κ3) is 4.83. The Morgan fingerprint density at radius 3 is 2.54 bits per heavy atom. The third-order valence-electron chi connectivity index (χ3n) is 3.37. The highest BCUT2D eigenvalue weighted by Crippen LogP contribution is 2.15. The lowest BCUT2D eigenvalue weighted by Gasteiger charge is -2.13. The summed E-state index contributed by atoms with van der Waals surface area (Å²) in [5, 5.41) is 8.35. The van der Waals surface area contributed by atoms with Crippen LogP contribution >= 0.6 is 24.0 Å². The fourth-order valence-corrected chi connectivity index (χ4v) is 3.12. The Balaban J connectivity index is 0.00000288. The average Bonchev–Trinajstić information content (AvgIpc) is 2.44. The van der Waals surface area contributed by atoms with Crippen molar-refractivity contribution in [3.63, 3.8) is 0 Å². The molecule has 3 N–H and O–H groups in total. The van der Waals surface area contributed by atoms with Gasteiger partial charge in [-0.25, -0.2) is 8.42 Å². The molecule has 0 aliphatic heterocycles. The molecule has 6 nitrogen and oxygen atoms in total. The summed E-state index contributed by atoms with van der Waals surface area (Å²) in [5.41, 5.74) is 7.57. The smallest absolute Gasteiger partial charge is 0.252 e. The molecule has 2 aromatic rings. The van der Waals surface area contributed by atoms with Crippen LogP contribution in [0.1, 0.15) is 27.0 Å². The lowest BCUT2D eigenvalue weighted by atomic mass is 10.1. The number of nitrogens with two attached hydrogens (primary N) is 1. The number of hydrogen-bond acceptors (Lipinski definition) is 4. The van der Waals surface area contributed by atoms with Gasteiger partial charge >= 0.3 is 0 Å².